The third-order valence-corrected chi connectivity index (χ3v) is 3.88. The number of hydrogen-bond donors (Lipinski definition) is 1. The van der Waals surface area contributed by atoms with Gasteiger partial charge in [0.25, 0.3) is 0 Å². The van der Waals surface area contributed by atoms with Crippen molar-refractivity contribution in [1.29, 1.82) is 0 Å². The Labute approximate surface area is 157 Å². The minimum Gasteiger partial charge on any atom is -0.406 e. The summed E-state index contributed by atoms with van der Waals surface area (Å²) in [6, 6.07) is 13.2. The van der Waals surface area contributed by atoms with Gasteiger partial charge in [-0.15, -0.1) is 0 Å². The van der Waals surface area contributed by atoms with Gasteiger partial charge in [-0.25, -0.2) is 9.18 Å². The number of alkyl halides is 4. The Morgan fingerprint density at radius 1 is 1.11 bits per heavy atom. The van der Waals surface area contributed by atoms with Gasteiger partial charge in [-0.2, -0.15) is 18.3 Å². The van der Waals surface area contributed by atoms with Crippen LogP contribution >= 0.6 is 0 Å². The van der Waals surface area contributed by atoms with Crippen LogP contribution in [-0.4, -0.2) is 15.9 Å². The van der Waals surface area contributed by atoms with Crippen LogP contribution in [0.3, 0.4) is 0 Å². The number of para-hydroxylation sites is 1. The van der Waals surface area contributed by atoms with E-state index in [1.165, 1.54) is 7.05 Å². The van der Waals surface area contributed by atoms with Crippen LogP contribution in [0.15, 0.2) is 54.7 Å². The average molecular weight is 393 g/mol. The van der Waals surface area contributed by atoms with E-state index in [2.05, 4.69) is 10.4 Å². The first-order chi connectivity index (χ1) is 13.3. The van der Waals surface area contributed by atoms with Gasteiger partial charge >= 0.3 is 12.3 Å². The molecule has 0 bridgehead atoms. The molecule has 1 N–H and O–H groups in total. The maximum absolute atomic E-state index is 13.3. The molecule has 0 saturated carbocycles. The summed E-state index contributed by atoms with van der Waals surface area (Å²) in [6.07, 6.45) is -4.94. The van der Waals surface area contributed by atoms with E-state index in [0.717, 1.165) is 10.9 Å². The summed E-state index contributed by atoms with van der Waals surface area (Å²) < 4.78 is 58.0. The van der Waals surface area contributed by atoms with E-state index in [1.54, 1.807) is 48.5 Å². The van der Waals surface area contributed by atoms with Gasteiger partial charge in [0.2, 0.25) is 5.69 Å². The molecular formula is C19H15F4N3O2. The highest BCUT2D eigenvalue weighted by molar-refractivity contribution is 5.93. The van der Waals surface area contributed by atoms with Gasteiger partial charge in [0, 0.05) is 12.6 Å². The Morgan fingerprint density at radius 2 is 1.75 bits per heavy atom. The Morgan fingerprint density at radius 3 is 2.43 bits per heavy atom. The number of anilines is 1. The second-order valence-electron chi connectivity index (χ2n) is 5.86. The third-order valence-electron chi connectivity index (χ3n) is 3.88. The zero-order valence-electron chi connectivity index (χ0n) is 14.6. The number of hydrogen-bond acceptors (Lipinski definition) is 3. The molecule has 1 heterocycles. The molecule has 0 saturated heterocycles. The van der Waals surface area contributed by atoms with Crippen molar-refractivity contribution in [2.75, 3.05) is 5.32 Å². The number of carbonyl (C=O) groups excluding carboxylic acids is 1. The van der Waals surface area contributed by atoms with Crippen molar-refractivity contribution in [1.82, 2.24) is 9.78 Å². The average Bonchev–Trinajstić information content (AvgIpc) is 3.02. The lowest BCUT2D eigenvalue weighted by atomic mass is 9.99. The van der Waals surface area contributed by atoms with Crippen molar-refractivity contribution in [3.05, 3.63) is 66.0 Å². The van der Waals surface area contributed by atoms with Crippen LogP contribution in [0.25, 0.3) is 11.1 Å². The molecule has 28 heavy (non-hydrogen) atoms. The number of nitrogens with zero attached hydrogens (tertiary/aromatic N) is 2. The molecule has 5 nitrogen and oxygen atoms in total. The highest BCUT2D eigenvalue weighted by Gasteiger charge is 2.38. The van der Waals surface area contributed by atoms with Crippen molar-refractivity contribution < 1.29 is 27.1 Å². The quantitative estimate of drug-likeness (QED) is 0.621. The number of nitrogens with one attached hydrogen (secondary N) is 1. The Hall–Kier alpha value is -3.36. The molecule has 9 heteroatoms. The predicted octanol–water partition coefficient (Wildman–Crippen LogP) is 5.19. The number of aryl methyl sites for hydroxylation is 1. The second-order valence-corrected chi connectivity index (χ2v) is 5.86. The maximum Gasteiger partial charge on any atom is 0.438 e. The molecule has 0 fully saturated rings. The molecular weight excluding hydrogens is 378 g/mol. The van der Waals surface area contributed by atoms with Crippen LogP contribution in [0.5, 0.6) is 5.75 Å². The second kappa shape index (κ2) is 7.71. The number of carbonyl (C=O) groups is 1. The molecule has 1 amide bonds. The van der Waals surface area contributed by atoms with Crippen LogP contribution in [0.2, 0.25) is 0 Å². The lowest BCUT2D eigenvalue weighted by Crippen LogP contribution is -2.19. The van der Waals surface area contributed by atoms with E-state index in [0.29, 0.717) is 16.7 Å². The standard InChI is InChI=1S/C19H15F4N3O2/c1-26-11-16(17(25-26)19(21,22)23)28-18(27)24-15-9-5-4-8-14(15)13-7-3-2-6-12(13)10-20/h2-9,11H,10H2,1H3,(H,24,27). The van der Waals surface area contributed by atoms with Crippen molar-refractivity contribution in [2.45, 2.75) is 12.9 Å². The lowest BCUT2D eigenvalue weighted by molar-refractivity contribution is -0.142. The van der Waals surface area contributed by atoms with Gasteiger partial charge in [-0.3, -0.25) is 10.00 Å². The van der Waals surface area contributed by atoms with Crippen LogP contribution in [0.4, 0.5) is 28.0 Å². The molecule has 1 aromatic heterocycles. The molecule has 0 aliphatic carbocycles. The van der Waals surface area contributed by atoms with Crippen molar-refractivity contribution >= 4 is 11.8 Å². The summed E-state index contributed by atoms with van der Waals surface area (Å²) in [7, 11) is 1.28. The van der Waals surface area contributed by atoms with Gasteiger partial charge in [0.1, 0.15) is 6.67 Å². The summed E-state index contributed by atoms with van der Waals surface area (Å²) in [5.74, 6) is -0.714. The first kappa shape index (κ1) is 19.4. The van der Waals surface area contributed by atoms with Crippen LogP contribution in [0, 0.1) is 0 Å². The molecule has 0 atom stereocenters. The molecule has 2 aromatic carbocycles. The zero-order chi connectivity index (χ0) is 20.3. The summed E-state index contributed by atoms with van der Waals surface area (Å²) in [6.45, 7) is -0.709. The normalized spacial score (nSPS) is 11.3. The largest absolute Gasteiger partial charge is 0.438 e. The molecule has 0 spiro atoms. The van der Waals surface area contributed by atoms with E-state index >= 15 is 0 Å². The van der Waals surface area contributed by atoms with Gasteiger partial charge in [0.05, 0.1) is 11.9 Å². The zero-order valence-corrected chi connectivity index (χ0v) is 14.6. The summed E-state index contributed by atoms with van der Waals surface area (Å²) in [4.78, 5) is 12.2. The van der Waals surface area contributed by atoms with Crippen LogP contribution < -0.4 is 10.1 Å². The fraction of sp³-hybridized carbons (Fsp3) is 0.158. The smallest absolute Gasteiger partial charge is 0.406 e. The van der Waals surface area contributed by atoms with E-state index in [1.807, 2.05) is 0 Å². The number of rotatable bonds is 4. The lowest BCUT2D eigenvalue weighted by Gasteiger charge is -2.13. The molecule has 3 rings (SSSR count). The van der Waals surface area contributed by atoms with Crippen molar-refractivity contribution in [3.8, 4) is 16.9 Å². The number of amides is 1. The predicted molar refractivity (Wildman–Crippen MR) is 94.5 cm³/mol. The first-order valence-electron chi connectivity index (χ1n) is 8.12. The van der Waals surface area contributed by atoms with Crippen LogP contribution in [0.1, 0.15) is 11.3 Å². The molecule has 0 radical (unpaired) electrons. The molecule has 0 unspecified atom stereocenters. The topological polar surface area (TPSA) is 56.1 Å². The molecule has 0 aliphatic heterocycles. The number of benzene rings is 2. The van der Waals surface area contributed by atoms with E-state index in [9.17, 15) is 22.4 Å². The SMILES string of the molecule is Cn1cc(OC(=O)Nc2ccccc2-c2ccccc2CF)c(C(F)(F)F)n1. The van der Waals surface area contributed by atoms with E-state index in [4.69, 9.17) is 4.74 Å². The first-order valence-corrected chi connectivity index (χ1v) is 8.12. The van der Waals surface area contributed by atoms with Crippen LogP contribution in [-0.2, 0) is 19.9 Å². The number of aromatic nitrogens is 2. The summed E-state index contributed by atoms with van der Waals surface area (Å²) >= 11 is 0. The number of ether oxygens (including phenoxy) is 1. The highest BCUT2D eigenvalue weighted by atomic mass is 19.4. The highest BCUT2D eigenvalue weighted by Crippen LogP contribution is 2.35. The van der Waals surface area contributed by atoms with Crippen molar-refractivity contribution in [3.63, 3.8) is 0 Å². The molecule has 146 valence electrons. The third kappa shape index (κ3) is 4.13. The Balaban J connectivity index is 1.87. The fourth-order valence-electron chi connectivity index (χ4n) is 2.70. The summed E-state index contributed by atoms with van der Waals surface area (Å²) in [5.41, 5.74) is 0.442. The summed E-state index contributed by atoms with van der Waals surface area (Å²) in [5, 5.41) is 5.68. The van der Waals surface area contributed by atoms with E-state index < -0.39 is 30.4 Å². The van der Waals surface area contributed by atoms with Crippen molar-refractivity contribution in [2.24, 2.45) is 7.05 Å². The minimum atomic E-state index is -4.77. The number of halogens is 4. The van der Waals surface area contributed by atoms with E-state index in [-0.39, 0.29) is 5.69 Å². The monoisotopic (exact) mass is 393 g/mol. The maximum atomic E-state index is 13.3. The Kier molecular flexibility index (Phi) is 5.34. The van der Waals surface area contributed by atoms with Gasteiger partial charge in [0.15, 0.2) is 5.75 Å². The molecule has 3 aromatic rings. The van der Waals surface area contributed by atoms with Gasteiger partial charge in [-0.05, 0) is 17.2 Å². The van der Waals surface area contributed by atoms with Gasteiger partial charge < -0.3 is 4.74 Å². The Bertz CT molecular complexity index is 999. The minimum absolute atomic E-state index is 0.269. The molecule has 0 aliphatic rings. The van der Waals surface area contributed by atoms with Gasteiger partial charge in [-0.1, -0.05) is 42.5 Å². The fourth-order valence-corrected chi connectivity index (χ4v) is 2.70.